The Labute approximate surface area is 199 Å². The Balaban J connectivity index is 1.55. The van der Waals surface area contributed by atoms with Crippen molar-refractivity contribution >= 4 is 50.8 Å². The molecule has 0 saturated carbocycles. The number of aromatic nitrogens is 2. The largest absolute Gasteiger partial charge is 0.376 e. The molecule has 0 N–H and O–H groups in total. The zero-order valence-electron chi connectivity index (χ0n) is 17.8. The van der Waals surface area contributed by atoms with Gasteiger partial charge in [0.1, 0.15) is 4.83 Å². The highest BCUT2D eigenvalue weighted by Gasteiger charge is 2.27. The molecule has 1 aromatic carbocycles. The second-order valence-corrected chi connectivity index (χ2v) is 10.6. The van der Waals surface area contributed by atoms with E-state index in [4.69, 9.17) is 21.3 Å². The van der Waals surface area contributed by atoms with E-state index >= 15 is 0 Å². The summed E-state index contributed by atoms with van der Waals surface area (Å²) < 4.78 is 7.63. The molecule has 0 unspecified atom stereocenters. The number of nitrogens with zero attached hydrogens (tertiary/aromatic N) is 3. The average molecular weight is 490 g/mol. The minimum Gasteiger partial charge on any atom is -0.376 e. The van der Waals surface area contributed by atoms with E-state index in [1.54, 1.807) is 11.5 Å². The van der Waals surface area contributed by atoms with Crippen molar-refractivity contribution in [3.05, 3.63) is 55.6 Å². The smallest absolute Gasteiger partial charge is 0.263 e. The number of thiophene rings is 1. The molecule has 168 valence electrons. The van der Waals surface area contributed by atoms with Gasteiger partial charge in [-0.2, -0.15) is 0 Å². The van der Waals surface area contributed by atoms with E-state index < -0.39 is 0 Å². The first-order chi connectivity index (χ1) is 15.5. The number of hydrogen-bond acceptors (Lipinski definition) is 6. The third kappa shape index (κ3) is 4.21. The lowest BCUT2D eigenvalue weighted by atomic mass is 10.1. The maximum Gasteiger partial charge on any atom is 0.263 e. The first-order valence-corrected chi connectivity index (χ1v) is 13.0. The van der Waals surface area contributed by atoms with Gasteiger partial charge in [-0.1, -0.05) is 41.6 Å². The molecule has 32 heavy (non-hydrogen) atoms. The molecule has 1 fully saturated rings. The number of carbonyl (C=O) groups excluding carboxylic acids is 1. The van der Waals surface area contributed by atoms with Crippen LogP contribution >= 0.6 is 34.7 Å². The third-order valence-corrected chi connectivity index (χ3v) is 8.60. The van der Waals surface area contributed by atoms with Crippen molar-refractivity contribution < 1.29 is 9.53 Å². The second-order valence-electron chi connectivity index (χ2n) is 8.20. The molecule has 3 aromatic rings. The van der Waals surface area contributed by atoms with Gasteiger partial charge in [0, 0.05) is 35.7 Å². The Morgan fingerprint density at radius 2 is 2.22 bits per heavy atom. The monoisotopic (exact) mass is 489 g/mol. The SMILES string of the molecule is CC(=O)N1CCc2c(sc3nc(SCc4ccccc4Cl)n(C[C@H]4CCCO4)c(=O)c23)C1. The van der Waals surface area contributed by atoms with Crippen LogP contribution in [0.25, 0.3) is 10.2 Å². The van der Waals surface area contributed by atoms with Gasteiger partial charge in [-0.3, -0.25) is 14.2 Å². The lowest BCUT2D eigenvalue weighted by molar-refractivity contribution is -0.129. The molecule has 0 bridgehead atoms. The van der Waals surface area contributed by atoms with Crippen LogP contribution in [0.2, 0.25) is 5.02 Å². The van der Waals surface area contributed by atoms with E-state index in [0.717, 1.165) is 40.3 Å². The highest BCUT2D eigenvalue weighted by molar-refractivity contribution is 7.98. The topological polar surface area (TPSA) is 64.4 Å². The standard InChI is InChI=1S/C23H24ClN3O3S2/c1-14(28)26-9-8-17-19(12-26)32-21-20(17)22(29)27(11-16-6-4-10-30-16)23(25-21)31-13-15-5-2-3-7-18(15)24/h2-3,5,7,16H,4,6,8-13H2,1H3/t16-/m1/s1. The lowest BCUT2D eigenvalue weighted by Gasteiger charge is -2.25. The van der Waals surface area contributed by atoms with Gasteiger partial charge in [-0.15, -0.1) is 11.3 Å². The summed E-state index contributed by atoms with van der Waals surface area (Å²) in [4.78, 5) is 34.2. The van der Waals surface area contributed by atoms with Crippen molar-refractivity contribution in [1.82, 2.24) is 14.5 Å². The predicted octanol–water partition coefficient (Wildman–Crippen LogP) is 4.49. The van der Waals surface area contributed by atoms with E-state index in [9.17, 15) is 9.59 Å². The summed E-state index contributed by atoms with van der Waals surface area (Å²) in [5.74, 6) is 0.694. The van der Waals surface area contributed by atoms with Gasteiger partial charge in [0.15, 0.2) is 5.16 Å². The molecule has 0 radical (unpaired) electrons. The Morgan fingerprint density at radius 1 is 1.38 bits per heavy atom. The molecule has 0 aliphatic carbocycles. The molecule has 1 amide bonds. The number of carbonyl (C=O) groups is 1. The summed E-state index contributed by atoms with van der Waals surface area (Å²) in [5, 5.41) is 2.12. The van der Waals surface area contributed by atoms with Crippen LogP contribution < -0.4 is 5.56 Å². The van der Waals surface area contributed by atoms with E-state index in [1.807, 2.05) is 29.2 Å². The lowest BCUT2D eigenvalue weighted by Crippen LogP contribution is -2.34. The fourth-order valence-electron chi connectivity index (χ4n) is 4.35. The highest BCUT2D eigenvalue weighted by atomic mass is 35.5. The van der Waals surface area contributed by atoms with Crippen LogP contribution in [0.3, 0.4) is 0 Å². The summed E-state index contributed by atoms with van der Waals surface area (Å²) in [7, 11) is 0. The Hall–Kier alpha value is -1.87. The van der Waals surface area contributed by atoms with Crippen molar-refractivity contribution in [3.63, 3.8) is 0 Å². The fraction of sp³-hybridized carbons (Fsp3) is 0.435. The van der Waals surface area contributed by atoms with Gasteiger partial charge in [-0.05, 0) is 36.5 Å². The molecule has 2 aromatic heterocycles. The molecule has 9 heteroatoms. The van der Waals surface area contributed by atoms with Crippen molar-refractivity contribution in [2.75, 3.05) is 13.2 Å². The van der Waals surface area contributed by atoms with Crippen LogP contribution in [0, 0.1) is 0 Å². The molecular formula is C23H24ClN3O3S2. The van der Waals surface area contributed by atoms with Gasteiger partial charge in [0.05, 0.1) is 24.6 Å². The van der Waals surface area contributed by atoms with Crippen LogP contribution in [0.1, 0.15) is 35.8 Å². The first-order valence-electron chi connectivity index (χ1n) is 10.8. The third-order valence-electron chi connectivity index (χ3n) is 6.10. The van der Waals surface area contributed by atoms with Crippen LogP contribution in [0.4, 0.5) is 0 Å². The molecule has 0 spiro atoms. The second kappa shape index (κ2) is 9.17. The molecular weight excluding hydrogens is 466 g/mol. The van der Waals surface area contributed by atoms with Crippen molar-refractivity contribution in [2.45, 2.75) is 56.3 Å². The fourth-order valence-corrected chi connectivity index (χ4v) is 6.92. The molecule has 2 aliphatic heterocycles. The molecule has 4 heterocycles. The van der Waals surface area contributed by atoms with E-state index in [2.05, 4.69) is 0 Å². The zero-order valence-corrected chi connectivity index (χ0v) is 20.2. The Morgan fingerprint density at radius 3 is 2.97 bits per heavy atom. The number of rotatable bonds is 5. The molecule has 5 rings (SSSR count). The van der Waals surface area contributed by atoms with Crippen LogP contribution in [0.15, 0.2) is 34.2 Å². The highest BCUT2D eigenvalue weighted by Crippen LogP contribution is 2.35. The molecule has 1 saturated heterocycles. The van der Waals surface area contributed by atoms with Gasteiger partial charge in [0.2, 0.25) is 5.91 Å². The van der Waals surface area contributed by atoms with Gasteiger partial charge >= 0.3 is 0 Å². The van der Waals surface area contributed by atoms with Gasteiger partial charge in [-0.25, -0.2) is 4.98 Å². The summed E-state index contributed by atoms with van der Waals surface area (Å²) in [6.07, 6.45) is 2.70. The summed E-state index contributed by atoms with van der Waals surface area (Å²) >= 11 is 9.42. The van der Waals surface area contributed by atoms with Crippen molar-refractivity contribution in [2.24, 2.45) is 0 Å². The zero-order chi connectivity index (χ0) is 22.2. The van der Waals surface area contributed by atoms with E-state index in [1.165, 1.54) is 23.1 Å². The number of halogens is 1. The van der Waals surface area contributed by atoms with Gasteiger partial charge < -0.3 is 9.64 Å². The molecule has 6 nitrogen and oxygen atoms in total. The number of benzene rings is 1. The maximum absolute atomic E-state index is 13.7. The predicted molar refractivity (Wildman–Crippen MR) is 129 cm³/mol. The van der Waals surface area contributed by atoms with E-state index in [-0.39, 0.29) is 17.6 Å². The van der Waals surface area contributed by atoms with Crippen molar-refractivity contribution in [3.8, 4) is 0 Å². The number of hydrogen-bond donors (Lipinski definition) is 0. The normalized spacial score (nSPS) is 18.3. The maximum atomic E-state index is 13.7. The summed E-state index contributed by atoms with van der Waals surface area (Å²) in [6, 6.07) is 7.75. The number of amides is 1. The first kappa shape index (κ1) is 21.9. The molecule has 2 aliphatic rings. The van der Waals surface area contributed by atoms with Crippen LogP contribution in [-0.4, -0.2) is 39.6 Å². The number of ether oxygens (including phenoxy) is 1. The van der Waals surface area contributed by atoms with Gasteiger partial charge in [0.25, 0.3) is 5.56 Å². The Kier molecular flexibility index (Phi) is 6.29. The van der Waals surface area contributed by atoms with E-state index in [0.29, 0.717) is 47.4 Å². The van der Waals surface area contributed by atoms with Crippen LogP contribution in [0.5, 0.6) is 0 Å². The Bertz CT molecular complexity index is 1230. The summed E-state index contributed by atoms with van der Waals surface area (Å²) in [6.45, 7) is 4.04. The number of thioether (sulfide) groups is 1. The van der Waals surface area contributed by atoms with Crippen molar-refractivity contribution in [1.29, 1.82) is 0 Å². The number of fused-ring (bicyclic) bond motifs is 3. The van der Waals surface area contributed by atoms with Crippen LogP contribution in [-0.2, 0) is 34.8 Å². The minimum absolute atomic E-state index is 0.000864. The minimum atomic E-state index is 0.000864. The quantitative estimate of drug-likeness (QED) is 0.390. The molecule has 1 atom stereocenters. The average Bonchev–Trinajstić information content (AvgIpc) is 3.42. The summed E-state index contributed by atoms with van der Waals surface area (Å²) in [5.41, 5.74) is 2.07.